The van der Waals surface area contributed by atoms with Crippen molar-refractivity contribution in [2.45, 2.75) is 16.8 Å². The van der Waals surface area contributed by atoms with Crippen LogP contribution in [-0.4, -0.2) is 20.5 Å². The Balaban J connectivity index is 2.08. The molecule has 2 aromatic heterocycles. The SMILES string of the molecule is Cc1ccc(Sc2nc3ccccn3c2C(=O)O)cc1. The molecule has 4 nitrogen and oxygen atoms in total. The lowest BCUT2D eigenvalue weighted by atomic mass is 10.2. The van der Waals surface area contributed by atoms with Gasteiger partial charge in [0.15, 0.2) is 5.69 Å². The number of carboxylic acid groups (broad SMARTS) is 1. The molecule has 0 aliphatic heterocycles. The van der Waals surface area contributed by atoms with E-state index < -0.39 is 5.97 Å². The van der Waals surface area contributed by atoms with E-state index >= 15 is 0 Å². The second-order valence-corrected chi connectivity index (χ2v) is 5.48. The summed E-state index contributed by atoms with van der Waals surface area (Å²) in [5, 5.41) is 9.91. The molecule has 0 bridgehead atoms. The third kappa shape index (κ3) is 2.28. The minimum atomic E-state index is -0.974. The highest BCUT2D eigenvalue weighted by atomic mass is 32.2. The summed E-state index contributed by atoms with van der Waals surface area (Å²) in [6, 6.07) is 13.4. The van der Waals surface area contributed by atoms with Crippen molar-refractivity contribution in [1.29, 1.82) is 0 Å². The van der Waals surface area contributed by atoms with Gasteiger partial charge in [0.1, 0.15) is 10.7 Å². The molecule has 0 unspecified atom stereocenters. The number of nitrogens with zero attached hydrogens (tertiary/aromatic N) is 2. The lowest BCUT2D eigenvalue weighted by Gasteiger charge is -2.01. The molecule has 0 atom stereocenters. The third-order valence-electron chi connectivity index (χ3n) is 2.94. The third-order valence-corrected chi connectivity index (χ3v) is 3.92. The van der Waals surface area contributed by atoms with E-state index in [9.17, 15) is 9.90 Å². The molecule has 0 aliphatic rings. The normalized spacial score (nSPS) is 10.8. The molecule has 1 aromatic carbocycles. The molecule has 0 saturated heterocycles. The largest absolute Gasteiger partial charge is 0.476 e. The Labute approximate surface area is 120 Å². The monoisotopic (exact) mass is 284 g/mol. The van der Waals surface area contributed by atoms with Crippen LogP contribution in [0.2, 0.25) is 0 Å². The molecule has 3 rings (SSSR count). The van der Waals surface area contributed by atoms with Gasteiger partial charge in [0, 0.05) is 11.1 Å². The summed E-state index contributed by atoms with van der Waals surface area (Å²) in [5.74, 6) is -0.974. The van der Waals surface area contributed by atoms with Crippen LogP contribution < -0.4 is 0 Å². The predicted octanol–water partition coefficient (Wildman–Crippen LogP) is 3.49. The first-order valence-electron chi connectivity index (χ1n) is 6.10. The summed E-state index contributed by atoms with van der Waals surface area (Å²) in [5.41, 5.74) is 2.01. The van der Waals surface area contributed by atoms with Crippen LogP contribution >= 0.6 is 11.8 Å². The van der Waals surface area contributed by atoms with Gasteiger partial charge in [-0.2, -0.15) is 0 Å². The van der Waals surface area contributed by atoms with E-state index in [1.165, 1.54) is 17.3 Å². The van der Waals surface area contributed by atoms with E-state index in [0.29, 0.717) is 10.7 Å². The van der Waals surface area contributed by atoms with Gasteiger partial charge in [-0.3, -0.25) is 4.40 Å². The van der Waals surface area contributed by atoms with Crippen molar-refractivity contribution in [1.82, 2.24) is 9.38 Å². The van der Waals surface area contributed by atoms with Crippen molar-refractivity contribution >= 4 is 23.4 Å². The van der Waals surface area contributed by atoms with E-state index in [0.717, 1.165) is 4.90 Å². The number of pyridine rings is 1. The number of hydrogen-bond donors (Lipinski definition) is 1. The number of aromatic carboxylic acids is 1. The quantitative estimate of drug-likeness (QED) is 0.800. The molecule has 0 radical (unpaired) electrons. The minimum Gasteiger partial charge on any atom is -0.476 e. The van der Waals surface area contributed by atoms with Gasteiger partial charge in [-0.05, 0) is 31.2 Å². The second-order valence-electron chi connectivity index (χ2n) is 4.41. The Hall–Kier alpha value is -2.27. The number of hydrogen-bond acceptors (Lipinski definition) is 3. The minimum absolute atomic E-state index is 0.200. The van der Waals surface area contributed by atoms with E-state index in [1.807, 2.05) is 37.3 Å². The number of aromatic nitrogens is 2. The van der Waals surface area contributed by atoms with Gasteiger partial charge in [-0.15, -0.1) is 0 Å². The Morgan fingerprint density at radius 3 is 2.65 bits per heavy atom. The maximum absolute atomic E-state index is 11.5. The number of fused-ring (bicyclic) bond motifs is 1. The average Bonchev–Trinajstić information content (AvgIpc) is 2.79. The van der Waals surface area contributed by atoms with E-state index in [4.69, 9.17) is 0 Å². The van der Waals surface area contributed by atoms with Crippen molar-refractivity contribution in [2.24, 2.45) is 0 Å². The molecule has 1 N–H and O–H groups in total. The van der Waals surface area contributed by atoms with Gasteiger partial charge in [0.05, 0.1) is 0 Å². The first kappa shape index (κ1) is 12.7. The summed E-state index contributed by atoms with van der Waals surface area (Å²) in [6.07, 6.45) is 1.71. The summed E-state index contributed by atoms with van der Waals surface area (Å²) in [7, 11) is 0. The van der Waals surface area contributed by atoms with Crippen LogP contribution in [0.5, 0.6) is 0 Å². The molecule has 0 aliphatic carbocycles. The zero-order valence-corrected chi connectivity index (χ0v) is 11.6. The highest BCUT2D eigenvalue weighted by Gasteiger charge is 2.19. The van der Waals surface area contributed by atoms with Crippen molar-refractivity contribution in [3.63, 3.8) is 0 Å². The van der Waals surface area contributed by atoms with Crippen molar-refractivity contribution in [3.05, 3.63) is 59.9 Å². The van der Waals surface area contributed by atoms with Crippen LogP contribution in [0.15, 0.2) is 58.6 Å². The number of carbonyl (C=O) groups is 1. The number of benzene rings is 1. The Kier molecular flexibility index (Phi) is 3.20. The van der Waals surface area contributed by atoms with Gasteiger partial charge in [0.25, 0.3) is 0 Å². The molecule has 0 fully saturated rings. The van der Waals surface area contributed by atoms with Crippen LogP contribution in [0, 0.1) is 6.92 Å². The molecule has 100 valence electrons. The van der Waals surface area contributed by atoms with Crippen molar-refractivity contribution in [2.75, 3.05) is 0 Å². The van der Waals surface area contributed by atoms with Crippen molar-refractivity contribution < 1.29 is 9.90 Å². The second kappa shape index (κ2) is 5.02. The maximum Gasteiger partial charge on any atom is 0.355 e. The highest BCUT2D eigenvalue weighted by Crippen LogP contribution is 2.30. The first-order chi connectivity index (χ1) is 9.65. The number of aryl methyl sites for hydroxylation is 1. The molecule has 3 aromatic rings. The fraction of sp³-hybridized carbons (Fsp3) is 0.0667. The molecule has 20 heavy (non-hydrogen) atoms. The zero-order valence-electron chi connectivity index (χ0n) is 10.8. The Morgan fingerprint density at radius 2 is 1.95 bits per heavy atom. The molecule has 0 saturated carbocycles. The maximum atomic E-state index is 11.5. The first-order valence-corrected chi connectivity index (χ1v) is 6.92. The van der Waals surface area contributed by atoms with Gasteiger partial charge in [-0.1, -0.05) is 35.5 Å². The highest BCUT2D eigenvalue weighted by molar-refractivity contribution is 7.99. The van der Waals surface area contributed by atoms with Crippen molar-refractivity contribution in [3.8, 4) is 0 Å². The Bertz CT molecular complexity index is 778. The zero-order chi connectivity index (χ0) is 14.1. The van der Waals surface area contributed by atoms with Crippen LogP contribution in [0.3, 0.4) is 0 Å². The van der Waals surface area contributed by atoms with Gasteiger partial charge >= 0.3 is 5.97 Å². The molecule has 0 amide bonds. The number of imidazole rings is 1. The molecule has 0 spiro atoms. The Morgan fingerprint density at radius 1 is 1.20 bits per heavy atom. The van der Waals surface area contributed by atoms with Crippen LogP contribution in [0.4, 0.5) is 0 Å². The average molecular weight is 284 g/mol. The predicted molar refractivity (Wildman–Crippen MR) is 77.5 cm³/mol. The summed E-state index contributed by atoms with van der Waals surface area (Å²) >= 11 is 1.36. The summed E-state index contributed by atoms with van der Waals surface area (Å²) < 4.78 is 1.60. The van der Waals surface area contributed by atoms with E-state index in [2.05, 4.69) is 4.98 Å². The fourth-order valence-corrected chi connectivity index (χ4v) is 2.87. The van der Waals surface area contributed by atoms with Gasteiger partial charge in [-0.25, -0.2) is 9.78 Å². The van der Waals surface area contributed by atoms with Crippen LogP contribution in [0.25, 0.3) is 5.65 Å². The number of carboxylic acids is 1. The van der Waals surface area contributed by atoms with Crippen LogP contribution in [0.1, 0.15) is 16.1 Å². The molecule has 5 heteroatoms. The lowest BCUT2D eigenvalue weighted by molar-refractivity contribution is 0.0685. The summed E-state index contributed by atoms with van der Waals surface area (Å²) in [4.78, 5) is 16.8. The van der Waals surface area contributed by atoms with Gasteiger partial charge in [0.2, 0.25) is 0 Å². The van der Waals surface area contributed by atoms with Gasteiger partial charge < -0.3 is 5.11 Å². The van der Waals surface area contributed by atoms with E-state index in [-0.39, 0.29) is 5.69 Å². The smallest absolute Gasteiger partial charge is 0.355 e. The summed E-state index contributed by atoms with van der Waals surface area (Å²) in [6.45, 7) is 2.02. The van der Waals surface area contributed by atoms with E-state index in [1.54, 1.807) is 22.7 Å². The molecule has 2 heterocycles. The lowest BCUT2D eigenvalue weighted by Crippen LogP contribution is -2.02. The topological polar surface area (TPSA) is 54.6 Å². The van der Waals surface area contributed by atoms with Crippen LogP contribution in [-0.2, 0) is 0 Å². The fourth-order valence-electron chi connectivity index (χ4n) is 1.96. The molecular weight excluding hydrogens is 272 g/mol. The standard InChI is InChI=1S/C15H12N2O2S/c1-10-5-7-11(8-6-10)20-14-13(15(18)19)17-9-3-2-4-12(17)16-14/h2-9H,1H3,(H,18,19). The molecular formula is C15H12N2O2S. The number of rotatable bonds is 3.